The molecule has 0 aliphatic heterocycles. The third kappa shape index (κ3) is 4.02. The molecule has 1 aliphatic rings. The van der Waals surface area contributed by atoms with Crippen LogP contribution in [0.25, 0.3) is 12.2 Å². The number of carbonyl (C=O) groups excluding carboxylic acids is 1. The Morgan fingerprint density at radius 2 is 1.75 bits per heavy atom. The molecule has 104 valence electrons. The van der Waals surface area contributed by atoms with Crippen molar-refractivity contribution in [3.05, 3.63) is 47.7 Å². The molecule has 0 atom stereocenters. The Bertz CT molecular complexity index is 522. The van der Waals surface area contributed by atoms with E-state index in [1.165, 1.54) is 19.3 Å². The number of hydrogen-bond donors (Lipinski definition) is 0. The summed E-state index contributed by atoms with van der Waals surface area (Å²) < 4.78 is 0. The lowest BCUT2D eigenvalue weighted by molar-refractivity contribution is -0.119. The minimum atomic E-state index is 0.234. The van der Waals surface area contributed by atoms with Crippen LogP contribution in [-0.2, 0) is 4.79 Å². The van der Waals surface area contributed by atoms with Crippen molar-refractivity contribution in [3.63, 3.8) is 0 Å². The molecule has 2 heteroatoms. The normalized spacial score (nSPS) is 16.8. The summed E-state index contributed by atoms with van der Waals surface area (Å²) in [7, 11) is 0. The first-order chi connectivity index (χ1) is 9.81. The van der Waals surface area contributed by atoms with Crippen LogP contribution in [0.15, 0.2) is 41.5 Å². The van der Waals surface area contributed by atoms with Crippen molar-refractivity contribution in [1.82, 2.24) is 0 Å². The Morgan fingerprint density at radius 3 is 2.40 bits per heavy atom. The fourth-order valence-electron chi connectivity index (χ4n) is 2.64. The van der Waals surface area contributed by atoms with E-state index >= 15 is 0 Å². The van der Waals surface area contributed by atoms with Gasteiger partial charge in [-0.15, -0.1) is 0 Å². The highest BCUT2D eigenvalue weighted by molar-refractivity contribution is 5.95. The van der Waals surface area contributed by atoms with Crippen LogP contribution in [0.5, 0.6) is 0 Å². The number of nitrogens with zero attached hydrogens (tertiary/aromatic N) is 1. The van der Waals surface area contributed by atoms with E-state index in [9.17, 15) is 4.79 Å². The average molecular weight is 267 g/mol. The molecule has 0 spiro atoms. The quantitative estimate of drug-likeness (QED) is 0.569. The summed E-state index contributed by atoms with van der Waals surface area (Å²) in [6.45, 7) is 3.43. The molecule has 0 amide bonds. The molecule has 20 heavy (non-hydrogen) atoms. The van der Waals surface area contributed by atoms with Crippen molar-refractivity contribution < 1.29 is 4.79 Å². The molecule has 2 nitrogen and oxygen atoms in total. The summed E-state index contributed by atoms with van der Waals surface area (Å²) >= 11 is 0. The van der Waals surface area contributed by atoms with E-state index in [0.717, 1.165) is 24.0 Å². The van der Waals surface area contributed by atoms with Gasteiger partial charge in [-0.1, -0.05) is 49.6 Å². The van der Waals surface area contributed by atoms with Gasteiger partial charge in [0.2, 0.25) is 0 Å². The van der Waals surface area contributed by atoms with Crippen molar-refractivity contribution in [1.29, 1.82) is 0 Å². The summed E-state index contributed by atoms with van der Waals surface area (Å²) in [6.07, 6.45) is 13.0. The lowest BCUT2D eigenvalue weighted by Gasteiger charge is -2.18. The molecule has 1 saturated carbocycles. The number of benzene rings is 1. The monoisotopic (exact) mass is 267 g/mol. The van der Waals surface area contributed by atoms with E-state index in [-0.39, 0.29) is 11.7 Å². The van der Waals surface area contributed by atoms with E-state index in [0.29, 0.717) is 0 Å². The van der Waals surface area contributed by atoms with Gasteiger partial charge >= 0.3 is 0 Å². The standard InChI is InChI=1S/C18H21NO/c1-19-14-13-16-8-6-5-7-15(16)11-12-18(20)17-9-3-2-4-10-17/h5-8,11-14,17H,1-4,9-10H2/b12-11+,14-13+. The smallest absolute Gasteiger partial charge is 0.158 e. The highest BCUT2D eigenvalue weighted by Gasteiger charge is 2.18. The minimum absolute atomic E-state index is 0.234. The molecular formula is C18H21NO. The number of ketones is 1. The minimum Gasteiger partial charge on any atom is -0.295 e. The predicted molar refractivity (Wildman–Crippen MR) is 85.6 cm³/mol. The number of aliphatic imine (C=N–C) groups is 1. The lowest BCUT2D eigenvalue weighted by atomic mass is 9.86. The van der Waals surface area contributed by atoms with Gasteiger partial charge in [0.1, 0.15) is 0 Å². The largest absolute Gasteiger partial charge is 0.295 e. The molecule has 1 aromatic rings. The maximum atomic E-state index is 12.2. The SMILES string of the molecule is C=N/C=C/c1ccccc1/C=C/C(=O)C1CCCCC1. The van der Waals surface area contributed by atoms with Crippen LogP contribution in [0.3, 0.4) is 0 Å². The Kier molecular flexibility index (Phi) is 5.48. The Hall–Kier alpha value is -1.96. The Labute approximate surface area is 120 Å². The molecule has 0 bridgehead atoms. The van der Waals surface area contributed by atoms with E-state index in [1.54, 1.807) is 12.3 Å². The van der Waals surface area contributed by atoms with Crippen LogP contribution in [0.4, 0.5) is 0 Å². The van der Waals surface area contributed by atoms with Gasteiger partial charge in [-0.2, -0.15) is 0 Å². The Morgan fingerprint density at radius 1 is 1.10 bits per heavy atom. The molecule has 1 aliphatic carbocycles. The highest BCUT2D eigenvalue weighted by Crippen LogP contribution is 2.25. The third-order valence-electron chi connectivity index (χ3n) is 3.79. The zero-order chi connectivity index (χ0) is 14.2. The van der Waals surface area contributed by atoms with Gasteiger partial charge in [0, 0.05) is 12.1 Å². The van der Waals surface area contributed by atoms with E-state index in [2.05, 4.69) is 11.7 Å². The highest BCUT2D eigenvalue weighted by atomic mass is 16.1. The number of hydrogen-bond acceptors (Lipinski definition) is 2. The van der Waals surface area contributed by atoms with E-state index in [1.807, 2.05) is 36.4 Å². The molecular weight excluding hydrogens is 246 g/mol. The van der Waals surface area contributed by atoms with Crippen molar-refractivity contribution in [3.8, 4) is 0 Å². The van der Waals surface area contributed by atoms with E-state index < -0.39 is 0 Å². The van der Waals surface area contributed by atoms with Gasteiger partial charge in [-0.25, -0.2) is 0 Å². The molecule has 0 aromatic heterocycles. The second kappa shape index (κ2) is 7.59. The third-order valence-corrected chi connectivity index (χ3v) is 3.79. The number of rotatable bonds is 5. The van der Waals surface area contributed by atoms with Crippen LogP contribution in [0.2, 0.25) is 0 Å². The first-order valence-corrected chi connectivity index (χ1v) is 7.24. The molecule has 0 unspecified atom stereocenters. The van der Waals surface area contributed by atoms with Crippen LogP contribution < -0.4 is 0 Å². The fraction of sp³-hybridized carbons (Fsp3) is 0.333. The molecule has 1 aromatic carbocycles. The van der Waals surface area contributed by atoms with Gasteiger partial charge in [-0.3, -0.25) is 9.79 Å². The van der Waals surface area contributed by atoms with Crippen LogP contribution in [0.1, 0.15) is 43.2 Å². The fourth-order valence-corrected chi connectivity index (χ4v) is 2.64. The van der Waals surface area contributed by atoms with Crippen molar-refractivity contribution in [2.24, 2.45) is 10.9 Å². The summed E-state index contributed by atoms with van der Waals surface area (Å²) in [6, 6.07) is 7.96. The molecule has 0 heterocycles. The first kappa shape index (κ1) is 14.4. The second-order valence-electron chi connectivity index (χ2n) is 5.20. The summed E-state index contributed by atoms with van der Waals surface area (Å²) in [4.78, 5) is 15.9. The van der Waals surface area contributed by atoms with Gasteiger partial charge in [0.15, 0.2) is 5.78 Å². The summed E-state index contributed by atoms with van der Waals surface area (Å²) in [5.74, 6) is 0.503. The lowest BCUT2D eigenvalue weighted by Crippen LogP contribution is -2.15. The van der Waals surface area contributed by atoms with Gasteiger partial charge < -0.3 is 0 Å². The molecule has 2 rings (SSSR count). The number of carbonyl (C=O) groups is 1. The van der Waals surface area contributed by atoms with E-state index in [4.69, 9.17) is 0 Å². The zero-order valence-corrected chi connectivity index (χ0v) is 11.8. The van der Waals surface area contributed by atoms with Crippen molar-refractivity contribution in [2.75, 3.05) is 0 Å². The second-order valence-corrected chi connectivity index (χ2v) is 5.20. The first-order valence-electron chi connectivity index (χ1n) is 7.24. The average Bonchev–Trinajstić information content (AvgIpc) is 2.52. The Balaban J connectivity index is 2.08. The molecule has 0 saturated heterocycles. The topological polar surface area (TPSA) is 29.4 Å². The van der Waals surface area contributed by atoms with Crippen LogP contribution >= 0.6 is 0 Å². The van der Waals surface area contributed by atoms with Crippen molar-refractivity contribution in [2.45, 2.75) is 32.1 Å². The molecule has 0 radical (unpaired) electrons. The van der Waals surface area contributed by atoms with Gasteiger partial charge in [-0.05, 0) is 42.8 Å². The molecule has 1 fully saturated rings. The summed E-state index contributed by atoms with van der Waals surface area (Å²) in [5, 5.41) is 0. The van der Waals surface area contributed by atoms with Gasteiger partial charge in [0.05, 0.1) is 0 Å². The predicted octanol–water partition coefficient (Wildman–Crippen LogP) is 4.52. The van der Waals surface area contributed by atoms with Crippen LogP contribution in [0, 0.1) is 5.92 Å². The maximum Gasteiger partial charge on any atom is 0.158 e. The summed E-state index contributed by atoms with van der Waals surface area (Å²) in [5.41, 5.74) is 2.09. The van der Waals surface area contributed by atoms with Gasteiger partial charge in [0.25, 0.3) is 0 Å². The maximum absolute atomic E-state index is 12.2. The van der Waals surface area contributed by atoms with Crippen LogP contribution in [-0.4, -0.2) is 12.5 Å². The molecule has 0 N–H and O–H groups in total. The number of allylic oxidation sites excluding steroid dienone is 1. The zero-order valence-electron chi connectivity index (χ0n) is 11.8. The van der Waals surface area contributed by atoms with Crippen molar-refractivity contribution >= 4 is 24.7 Å².